The van der Waals surface area contributed by atoms with Crippen LogP contribution >= 0.6 is 0 Å². The molecule has 0 bridgehead atoms. The van der Waals surface area contributed by atoms with Gasteiger partial charge in [0.15, 0.2) is 17.2 Å². The Bertz CT molecular complexity index is 1440. The highest BCUT2D eigenvalue weighted by atomic mass is 32.2. The highest BCUT2D eigenvalue weighted by Gasteiger charge is 2.66. The Labute approximate surface area is 231 Å². The summed E-state index contributed by atoms with van der Waals surface area (Å²) in [6, 6.07) is 3.73. The summed E-state index contributed by atoms with van der Waals surface area (Å²) in [5.74, 6) is -9.05. The molecule has 1 saturated heterocycles. The van der Waals surface area contributed by atoms with Gasteiger partial charge in [0, 0.05) is 48.2 Å². The molecule has 12 nitrogen and oxygen atoms in total. The van der Waals surface area contributed by atoms with Crippen LogP contribution < -0.4 is 31.0 Å². The third kappa shape index (κ3) is 6.83. The van der Waals surface area contributed by atoms with Gasteiger partial charge in [-0.15, -0.1) is 0 Å². The number of aromatic nitrogens is 1. The summed E-state index contributed by atoms with van der Waals surface area (Å²) in [6.45, 7) is 1.82. The minimum absolute atomic E-state index is 0.0332. The van der Waals surface area contributed by atoms with Crippen LogP contribution in [0.2, 0.25) is 0 Å². The van der Waals surface area contributed by atoms with E-state index < -0.39 is 74.9 Å². The zero-order chi connectivity index (χ0) is 30.9. The third-order valence-electron chi connectivity index (χ3n) is 6.55. The third-order valence-corrected chi connectivity index (χ3v) is 7.04. The van der Waals surface area contributed by atoms with Crippen molar-refractivity contribution in [2.24, 2.45) is 16.8 Å². The summed E-state index contributed by atoms with van der Waals surface area (Å²) >= 11 is 0. The fourth-order valence-corrected chi connectivity index (χ4v) is 4.85. The minimum atomic E-state index is -4.99. The molecule has 0 aliphatic carbocycles. The molecular weight excluding hydrogens is 583 g/mol. The average Bonchev–Trinajstić information content (AvgIpc) is 3.11. The van der Waals surface area contributed by atoms with Gasteiger partial charge in [-0.1, -0.05) is 13.0 Å². The number of nitrogens with zero attached hydrogens (tertiary/aromatic N) is 1. The first-order valence-electron chi connectivity index (χ1n) is 11.8. The largest absolute Gasteiger partial charge is 0.493 e. The molecule has 226 valence electrons. The molecule has 2 heterocycles. The number of pyridine rings is 1. The van der Waals surface area contributed by atoms with Crippen LogP contribution in [-0.4, -0.2) is 56.8 Å². The van der Waals surface area contributed by atoms with Crippen LogP contribution in [0.25, 0.3) is 0 Å². The summed E-state index contributed by atoms with van der Waals surface area (Å²) in [5.41, 5.74) is 1.92. The average molecular weight is 611 g/mol. The predicted octanol–water partition coefficient (Wildman–Crippen LogP) is 2.35. The van der Waals surface area contributed by atoms with Gasteiger partial charge >= 0.3 is 6.18 Å². The van der Waals surface area contributed by atoms with Crippen molar-refractivity contribution in [3.63, 3.8) is 0 Å². The van der Waals surface area contributed by atoms with Crippen LogP contribution in [-0.2, 0) is 24.5 Å². The number of amides is 2. The number of benzene rings is 1. The van der Waals surface area contributed by atoms with Crippen LogP contribution in [0.1, 0.15) is 31.7 Å². The van der Waals surface area contributed by atoms with Crippen molar-refractivity contribution in [1.29, 1.82) is 0 Å². The van der Waals surface area contributed by atoms with Gasteiger partial charge in [-0.05, 0) is 13.0 Å². The Kier molecular flexibility index (Phi) is 9.11. The van der Waals surface area contributed by atoms with E-state index in [0.717, 1.165) is 39.2 Å². The first kappa shape index (κ1) is 31.9. The van der Waals surface area contributed by atoms with E-state index in [0.29, 0.717) is 6.07 Å². The maximum absolute atomic E-state index is 14.5. The summed E-state index contributed by atoms with van der Waals surface area (Å²) in [5, 5.41) is 9.59. The lowest BCUT2D eigenvalue weighted by Gasteiger charge is -2.32. The molecule has 0 spiro atoms. The number of halogens is 5. The highest BCUT2D eigenvalue weighted by molar-refractivity contribution is 7.90. The number of hydrogen-bond acceptors (Lipinski definition) is 8. The van der Waals surface area contributed by atoms with Crippen LogP contribution in [0, 0.1) is 17.6 Å². The number of alkyl halides is 3. The van der Waals surface area contributed by atoms with Gasteiger partial charge in [-0.3, -0.25) is 14.3 Å². The number of methoxy groups -OCH3 is 1. The van der Waals surface area contributed by atoms with Gasteiger partial charge in [-0.2, -0.15) is 26.0 Å². The zero-order valence-corrected chi connectivity index (χ0v) is 22.6. The molecule has 1 fully saturated rings. The smallest absolute Gasteiger partial charge is 0.417 e. The number of nitrogens with one attached hydrogen (secondary N) is 3. The summed E-state index contributed by atoms with van der Waals surface area (Å²) in [4.78, 5) is 29.3. The van der Waals surface area contributed by atoms with Crippen LogP contribution in [0.3, 0.4) is 0 Å². The number of hydrogen-bond donors (Lipinski definition) is 5. The monoisotopic (exact) mass is 610 g/mol. The van der Waals surface area contributed by atoms with Crippen LogP contribution in [0.5, 0.6) is 5.75 Å². The molecule has 1 aliphatic heterocycles. The Morgan fingerprint density at radius 1 is 1.17 bits per heavy atom. The fourth-order valence-electron chi connectivity index (χ4n) is 4.45. The van der Waals surface area contributed by atoms with E-state index in [2.05, 4.69) is 15.6 Å². The molecule has 0 unspecified atom stereocenters. The second-order valence-corrected chi connectivity index (χ2v) is 10.6. The molecule has 7 N–H and O–H groups in total. The van der Waals surface area contributed by atoms with Crippen LogP contribution in [0.4, 0.5) is 39.3 Å². The molecule has 1 aromatic heterocycles. The van der Waals surface area contributed by atoms with E-state index in [4.69, 9.17) is 20.3 Å². The van der Waals surface area contributed by atoms with Gasteiger partial charge in [0.2, 0.25) is 11.7 Å². The second-order valence-electron chi connectivity index (χ2n) is 9.29. The number of rotatable bonds is 9. The van der Waals surface area contributed by atoms with Crippen molar-refractivity contribution in [3.8, 4) is 5.75 Å². The Morgan fingerprint density at radius 2 is 1.80 bits per heavy atom. The van der Waals surface area contributed by atoms with E-state index in [1.807, 2.05) is 4.72 Å². The van der Waals surface area contributed by atoms with Gasteiger partial charge in [0.05, 0.1) is 7.11 Å². The number of nitrogens with two attached hydrogens (primary N) is 2. The van der Waals surface area contributed by atoms with Gasteiger partial charge in [-0.25, -0.2) is 14.5 Å². The second kappa shape index (κ2) is 11.7. The SMILES string of the molecule is COc1c([C@H]2[C@H](C(=O)Nc3cc(NC(=O)CCN)nc(NS(N)(=O)=O)c3)O[C@@](C)(C(F)(F)F)[C@H]2C)ccc(F)c1F. The normalized spacial score (nSPS) is 22.7. The summed E-state index contributed by atoms with van der Waals surface area (Å²) in [7, 11) is -3.40. The maximum atomic E-state index is 14.5. The lowest BCUT2D eigenvalue weighted by Crippen LogP contribution is -2.47. The van der Waals surface area contributed by atoms with Gasteiger partial charge in [0.1, 0.15) is 17.7 Å². The molecule has 2 aromatic rings. The lowest BCUT2D eigenvalue weighted by molar-refractivity contribution is -0.272. The highest BCUT2D eigenvalue weighted by Crippen LogP contribution is 2.55. The molecule has 1 aromatic carbocycles. The molecule has 2 amide bonds. The number of carbonyl (C=O) groups is 2. The van der Waals surface area contributed by atoms with Crippen molar-refractivity contribution in [2.75, 3.05) is 29.0 Å². The number of ether oxygens (including phenoxy) is 2. The number of anilines is 3. The van der Waals surface area contributed by atoms with Gasteiger partial charge in [0.25, 0.3) is 16.1 Å². The molecular formula is C23H27F5N6O6S. The molecule has 0 radical (unpaired) electrons. The minimum Gasteiger partial charge on any atom is -0.493 e. The molecule has 41 heavy (non-hydrogen) atoms. The van der Waals surface area contributed by atoms with E-state index in [9.17, 15) is 40.0 Å². The van der Waals surface area contributed by atoms with Crippen molar-refractivity contribution in [3.05, 3.63) is 41.5 Å². The number of carbonyl (C=O) groups excluding carboxylic acids is 2. The topological polar surface area (TPSA) is 188 Å². The Balaban J connectivity index is 2.08. The van der Waals surface area contributed by atoms with Crippen LogP contribution in [0.15, 0.2) is 24.3 Å². The van der Waals surface area contributed by atoms with Crippen molar-refractivity contribution >= 4 is 39.3 Å². The van der Waals surface area contributed by atoms with Crippen molar-refractivity contribution < 1.29 is 49.4 Å². The Morgan fingerprint density at radius 3 is 2.37 bits per heavy atom. The van der Waals surface area contributed by atoms with Crippen molar-refractivity contribution in [2.45, 2.75) is 44.1 Å². The van der Waals surface area contributed by atoms with E-state index in [-0.39, 0.29) is 30.0 Å². The van der Waals surface area contributed by atoms with Gasteiger partial charge < -0.3 is 25.8 Å². The summed E-state index contributed by atoms with van der Waals surface area (Å²) in [6.07, 6.45) is -7.07. The first-order chi connectivity index (χ1) is 18.9. The Hall–Kier alpha value is -3.61. The van der Waals surface area contributed by atoms with E-state index in [1.54, 1.807) is 0 Å². The van der Waals surface area contributed by atoms with E-state index in [1.165, 1.54) is 0 Å². The zero-order valence-electron chi connectivity index (χ0n) is 21.8. The molecule has 4 atom stereocenters. The quantitative estimate of drug-likeness (QED) is 0.268. The fraction of sp³-hybridized carbons (Fsp3) is 0.435. The lowest BCUT2D eigenvalue weighted by atomic mass is 9.77. The summed E-state index contributed by atoms with van der Waals surface area (Å²) < 4.78 is 106. The first-order valence-corrected chi connectivity index (χ1v) is 13.4. The molecule has 1 aliphatic rings. The molecule has 3 rings (SSSR count). The molecule has 18 heteroatoms. The van der Waals surface area contributed by atoms with Crippen molar-refractivity contribution in [1.82, 2.24) is 4.98 Å². The maximum Gasteiger partial charge on any atom is 0.417 e. The standard InChI is InChI=1S/C23H27F5N6O6S/c1-10-17(12-4-5-13(24)18(25)19(12)39-3)20(40-22(10,2)23(26,27)28)21(36)31-11-8-14(33-16(35)6-7-29)32-15(9-11)34-41(30,37)38/h4-5,8-10,17,20H,6-7,29H2,1-3H3,(H2,30,37,38)(H3,31,32,33,34,35,36)/t10-,17-,20+,22+/m0/s1. The molecule has 0 saturated carbocycles. The van der Waals surface area contributed by atoms with E-state index >= 15 is 0 Å². The predicted molar refractivity (Wildman–Crippen MR) is 136 cm³/mol.